The summed E-state index contributed by atoms with van der Waals surface area (Å²) in [6.45, 7) is 0.312. The summed E-state index contributed by atoms with van der Waals surface area (Å²) in [7, 11) is 3.50. The molecule has 0 fully saturated rings. The molecule has 11 heteroatoms. The molecule has 2 aromatic heterocycles. The highest BCUT2D eigenvalue weighted by Gasteiger charge is 2.33. The maximum atomic E-state index is 13.1. The van der Waals surface area contributed by atoms with Crippen LogP contribution in [0.4, 0.5) is 24.7 Å². The summed E-state index contributed by atoms with van der Waals surface area (Å²) in [6.07, 6.45) is 0.160. The molecule has 0 spiro atoms. The fraction of sp³-hybridized carbons (Fsp3) is 0.364. The van der Waals surface area contributed by atoms with Gasteiger partial charge in [0, 0.05) is 31.1 Å². The van der Waals surface area contributed by atoms with Gasteiger partial charge in [0.25, 0.3) is 0 Å². The van der Waals surface area contributed by atoms with E-state index in [-0.39, 0.29) is 23.3 Å². The van der Waals surface area contributed by atoms with E-state index >= 15 is 0 Å². The van der Waals surface area contributed by atoms with Crippen molar-refractivity contribution in [3.05, 3.63) is 40.0 Å². The second-order valence-electron chi connectivity index (χ2n) is 8.27. The number of rotatable bonds is 4. The van der Waals surface area contributed by atoms with Crippen molar-refractivity contribution in [1.82, 2.24) is 14.9 Å². The number of amides is 1. The first-order chi connectivity index (χ1) is 15.7. The van der Waals surface area contributed by atoms with Crippen LogP contribution in [0, 0.1) is 5.92 Å². The average molecular weight is 475 g/mol. The number of halogens is 3. The highest BCUT2D eigenvalue weighted by molar-refractivity contribution is 7.19. The quantitative estimate of drug-likeness (QED) is 0.603. The highest BCUT2D eigenvalue weighted by atomic mass is 32.1. The smallest absolute Gasteiger partial charge is 0.404 e. The molecule has 33 heavy (non-hydrogen) atoms. The first kappa shape index (κ1) is 21.6. The number of aliphatic imine (C=N–C) groups is 1. The number of carbonyl (C=O) groups excluding carboxylic acids is 1. The zero-order chi connectivity index (χ0) is 23.3. The molecule has 1 aliphatic heterocycles. The van der Waals surface area contributed by atoms with Gasteiger partial charge >= 0.3 is 6.36 Å². The minimum absolute atomic E-state index is 0.0901. The van der Waals surface area contributed by atoms with Gasteiger partial charge < -0.3 is 15.0 Å². The zero-order valence-electron chi connectivity index (χ0n) is 17.9. The number of anilines is 2. The third-order valence-corrected chi connectivity index (χ3v) is 7.01. The number of nitrogens with zero attached hydrogens (tertiary/aromatic N) is 4. The van der Waals surface area contributed by atoms with E-state index < -0.39 is 6.36 Å². The Morgan fingerprint density at radius 3 is 2.85 bits per heavy atom. The summed E-state index contributed by atoms with van der Waals surface area (Å²) in [5.41, 5.74) is 2.59. The first-order valence-corrected chi connectivity index (χ1v) is 11.2. The van der Waals surface area contributed by atoms with Crippen molar-refractivity contribution in [3.8, 4) is 5.75 Å². The van der Waals surface area contributed by atoms with Gasteiger partial charge in [-0.2, -0.15) is 0 Å². The Morgan fingerprint density at radius 2 is 2.09 bits per heavy atom. The highest BCUT2D eigenvalue weighted by Crippen LogP contribution is 2.42. The zero-order valence-corrected chi connectivity index (χ0v) is 18.7. The van der Waals surface area contributed by atoms with Crippen LogP contribution in [0.15, 0.2) is 23.5 Å². The molecule has 0 saturated heterocycles. The lowest BCUT2D eigenvalue weighted by molar-refractivity contribution is -0.274. The fourth-order valence-corrected chi connectivity index (χ4v) is 5.62. The molecule has 1 amide bonds. The van der Waals surface area contributed by atoms with Gasteiger partial charge in [0.15, 0.2) is 5.75 Å². The van der Waals surface area contributed by atoms with E-state index in [9.17, 15) is 18.0 Å². The molecule has 1 unspecified atom stereocenters. The number of ether oxygens (including phenoxy) is 1. The number of hydrogen-bond donors (Lipinski definition) is 1. The number of hydrogen-bond acceptors (Lipinski definition) is 7. The predicted molar refractivity (Wildman–Crippen MR) is 119 cm³/mol. The van der Waals surface area contributed by atoms with Crippen LogP contribution in [0.2, 0.25) is 0 Å². The Morgan fingerprint density at radius 1 is 1.27 bits per heavy atom. The molecule has 5 rings (SSSR count). The van der Waals surface area contributed by atoms with E-state index in [1.807, 2.05) is 0 Å². The summed E-state index contributed by atoms with van der Waals surface area (Å²) in [6, 6.07) is 2.95. The van der Waals surface area contributed by atoms with Crippen LogP contribution in [0.5, 0.6) is 5.75 Å². The number of aromatic nitrogens is 2. The van der Waals surface area contributed by atoms with Crippen molar-refractivity contribution >= 4 is 45.2 Å². The maximum Gasteiger partial charge on any atom is 0.573 e. The van der Waals surface area contributed by atoms with Crippen molar-refractivity contribution in [1.29, 1.82) is 0 Å². The standard InChI is InChI=1S/C22H20F3N5O2S/c1-30(2)21(31)11-3-4-14-17(7-11)33-20-18(14)19(27-10-28-20)29-15-5-12-8-26-9-13(12)6-16(15)32-22(23,24)25/h5-6,8,10-11H,3-4,7,9H2,1-2H3,(H,27,28,29). The second kappa shape index (κ2) is 7.98. The third-order valence-electron chi connectivity index (χ3n) is 5.85. The molecule has 7 nitrogen and oxygen atoms in total. The molecule has 1 aliphatic carbocycles. The van der Waals surface area contributed by atoms with Gasteiger partial charge in [-0.3, -0.25) is 9.79 Å². The van der Waals surface area contributed by atoms with Crippen LogP contribution in [0.25, 0.3) is 10.2 Å². The molecular weight excluding hydrogens is 455 g/mol. The van der Waals surface area contributed by atoms with E-state index in [2.05, 4.69) is 25.0 Å². The molecule has 2 aliphatic rings. The lowest BCUT2D eigenvalue weighted by Gasteiger charge is -2.24. The van der Waals surface area contributed by atoms with Crippen molar-refractivity contribution < 1.29 is 22.7 Å². The van der Waals surface area contributed by atoms with Crippen molar-refractivity contribution in [3.63, 3.8) is 0 Å². The number of fused-ring (bicyclic) bond motifs is 4. The Labute approximate surface area is 191 Å². The number of carbonyl (C=O) groups is 1. The Hall–Kier alpha value is -3.21. The molecule has 0 radical (unpaired) electrons. The molecule has 0 saturated carbocycles. The number of benzene rings is 1. The number of thiophene rings is 1. The van der Waals surface area contributed by atoms with Crippen molar-refractivity contribution in [2.75, 3.05) is 19.4 Å². The van der Waals surface area contributed by atoms with Gasteiger partial charge in [0.1, 0.15) is 17.0 Å². The lowest BCUT2D eigenvalue weighted by Crippen LogP contribution is -2.32. The molecule has 3 aromatic rings. The summed E-state index contributed by atoms with van der Waals surface area (Å²) in [5, 5.41) is 3.83. The van der Waals surface area contributed by atoms with E-state index in [1.54, 1.807) is 31.3 Å². The second-order valence-corrected chi connectivity index (χ2v) is 9.35. The van der Waals surface area contributed by atoms with Crippen LogP contribution in [-0.2, 0) is 24.2 Å². The van der Waals surface area contributed by atoms with Gasteiger partial charge in [0.2, 0.25) is 5.91 Å². The molecule has 1 aromatic carbocycles. The van der Waals surface area contributed by atoms with Gasteiger partial charge in [0.05, 0.1) is 17.6 Å². The number of aryl methyl sites for hydroxylation is 1. The molecule has 0 bridgehead atoms. The minimum Gasteiger partial charge on any atom is -0.404 e. The molecular formula is C22H20F3N5O2S. The molecule has 1 atom stereocenters. The molecule has 172 valence electrons. The van der Waals surface area contributed by atoms with Crippen LogP contribution < -0.4 is 10.1 Å². The van der Waals surface area contributed by atoms with Crippen LogP contribution in [-0.4, -0.2) is 47.4 Å². The van der Waals surface area contributed by atoms with Crippen LogP contribution in [0.1, 0.15) is 28.0 Å². The van der Waals surface area contributed by atoms with E-state index in [4.69, 9.17) is 0 Å². The maximum absolute atomic E-state index is 13.1. The van der Waals surface area contributed by atoms with Gasteiger partial charge in [-0.15, -0.1) is 24.5 Å². The van der Waals surface area contributed by atoms with E-state index in [0.29, 0.717) is 37.2 Å². The van der Waals surface area contributed by atoms with Crippen LogP contribution >= 0.6 is 11.3 Å². The topological polar surface area (TPSA) is 79.7 Å². The van der Waals surface area contributed by atoms with Gasteiger partial charge in [-0.25, -0.2) is 9.97 Å². The van der Waals surface area contributed by atoms with E-state index in [1.165, 1.54) is 23.7 Å². The van der Waals surface area contributed by atoms with Gasteiger partial charge in [-0.05, 0) is 48.1 Å². The van der Waals surface area contributed by atoms with Crippen LogP contribution in [0.3, 0.4) is 0 Å². The lowest BCUT2D eigenvalue weighted by atomic mass is 9.87. The minimum atomic E-state index is -4.83. The first-order valence-electron chi connectivity index (χ1n) is 10.4. The monoisotopic (exact) mass is 475 g/mol. The van der Waals surface area contributed by atoms with Crippen molar-refractivity contribution in [2.45, 2.75) is 32.2 Å². The SMILES string of the molecule is CN(C)C(=O)C1CCc2c(sc3ncnc(Nc4cc5c(cc4OC(F)(F)F)CN=C5)c23)C1. The van der Waals surface area contributed by atoms with E-state index in [0.717, 1.165) is 26.2 Å². The molecule has 3 heterocycles. The summed E-state index contributed by atoms with van der Waals surface area (Å²) >= 11 is 1.50. The third kappa shape index (κ3) is 4.12. The largest absolute Gasteiger partial charge is 0.573 e. The fourth-order valence-electron chi connectivity index (χ4n) is 4.35. The van der Waals surface area contributed by atoms with Crippen molar-refractivity contribution in [2.24, 2.45) is 10.9 Å². The Bertz CT molecular complexity index is 1290. The Kier molecular flexibility index (Phi) is 5.23. The average Bonchev–Trinajstić information content (AvgIpc) is 3.35. The predicted octanol–water partition coefficient (Wildman–Crippen LogP) is 4.46. The summed E-state index contributed by atoms with van der Waals surface area (Å²) in [5.74, 6) is 0.0834. The van der Waals surface area contributed by atoms with Gasteiger partial charge in [-0.1, -0.05) is 0 Å². The number of alkyl halides is 3. The summed E-state index contributed by atoms with van der Waals surface area (Å²) < 4.78 is 43.5. The number of nitrogens with one attached hydrogen (secondary N) is 1. The molecule has 1 N–H and O–H groups in total. The normalized spacial score (nSPS) is 17.1. The summed E-state index contributed by atoms with van der Waals surface area (Å²) in [4.78, 5) is 28.7. The Balaban J connectivity index is 1.54.